The molecule has 0 amide bonds. The largest absolute Gasteiger partial charge is 0.494 e. The Morgan fingerprint density at radius 3 is 2.64 bits per heavy atom. The number of nitrogens with one attached hydrogen (secondary N) is 1. The van der Waals surface area contributed by atoms with Gasteiger partial charge in [0.1, 0.15) is 34.7 Å². The molecule has 0 saturated carbocycles. The monoisotopic (exact) mass is 290 g/mol. The van der Waals surface area contributed by atoms with Gasteiger partial charge in [0.05, 0.1) is 7.11 Å². The van der Waals surface area contributed by atoms with E-state index < -0.39 is 0 Å². The van der Waals surface area contributed by atoms with Crippen molar-refractivity contribution in [2.75, 3.05) is 12.5 Å². The minimum absolute atomic E-state index is 0.272. The van der Waals surface area contributed by atoms with Crippen molar-refractivity contribution in [2.45, 2.75) is 0 Å². The Labute approximate surface area is 125 Å². The first-order chi connectivity index (χ1) is 10.8. The Bertz CT molecular complexity index is 957. The molecule has 0 unspecified atom stereocenters. The minimum atomic E-state index is -0.272. The summed E-state index contributed by atoms with van der Waals surface area (Å²) >= 11 is 0. The first-order valence-electron chi connectivity index (χ1n) is 6.40. The maximum atomic E-state index is 8.70. The van der Waals surface area contributed by atoms with Gasteiger partial charge in [0.15, 0.2) is 0 Å². The number of rotatable bonds is 3. The highest BCUT2D eigenvalue weighted by atomic mass is 16.5. The number of anilines is 1. The summed E-state index contributed by atoms with van der Waals surface area (Å²) in [6.45, 7) is 0. The van der Waals surface area contributed by atoms with E-state index >= 15 is 0 Å². The Morgan fingerprint density at radius 1 is 1.14 bits per heavy atom. The molecule has 22 heavy (non-hydrogen) atoms. The van der Waals surface area contributed by atoms with E-state index in [0.717, 1.165) is 16.4 Å². The molecule has 3 rings (SSSR count). The van der Waals surface area contributed by atoms with Crippen molar-refractivity contribution in [3.63, 3.8) is 0 Å². The van der Waals surface area contributed by atoms with Crippen LogP contribution in [0.3, 0.4) is 0 Å². The number of nitrogens with zero attached hydrogens (tertiary/aromatic N) is 3. The van der Waals surface area contributed by atoms with Gasteiger partial charge < -0.3 is 9.15 Å². The van der Waals surface area contributed by atoms with E-state index in [2.05, 4.69) is 10.5 Å². The lowest BCUT2D eigenvalue weighted by molar-refractivity contribution is 0.417. The van der Waals surface area contributed by atoms with Gasteiger partial charge in [-0.25, -0.2) is 0 Å². The van der Waals surface area contributed by atoms with Crippen LogP contribution in [0.15, 0.2) is 45.9 Å². The number of nitriles is 2. The number of para-hydroxylation sites is 1. The molecule has 0 spiro atoms. The van der Waals surface area contributed by atoms with Gasteiger partial charge in [-0.15, -0.1) is 0 Å². The molecule has 6 nitrogen and oxygen atoms in total. The van der Waals surface area contributed by atoms with E-state index in [1.807, 2.05) is 30.3 Å². The molecule has 2 aromatic carbocycles. The number of hydrogen-bond acceptors (Lipinski definition) is 6. The Kier molecular flexibility index (Phi) is 3.35. The minimum Gasteiger partial charge on any atom is -0.494 e. The van der Waals surface area contributed by atoms with Gasteiger partial charge in [0.25, 0.3) is 0 Å². The molecule has 0 fully saturated rings. The van der Waals surface area contributed by atoms with Gasteiger partial charge in [0.2, 0.25) is 5.71 Å². The fraction of sp³-hybridized carbons (Fsp3) is 0.0625. The molecular formula is C16H10N4O2. The summed E-state index contributed by atoms with van der Waals surface area (Å²) in [6.07, 6.45) is 0. The van der Waals surface area contributed by atoms with Crippen LogP contribution in [-0.4, -0.2) is 12.8 Å². The Hall–Kier alpha value is -3.51. The summed E-state index contributed by atoms with van der Waals surface area (Å²) in [6, 6.07) is 14.6. The molecule has 106 valence electrons. The second-order valence-electron chi connectivity index (χ2n) is 4.44. The molecule has 0 atom stereocenters. The first kappa shape index (κ1) is 13.5. The van der Waals surface area contributed by atoms with E-state index in [1.165, 1.54) is 7.11 Å². The van der Waals surface area contributed by atoms with Crippen molar-refractivity contribution in [2.24, 2.45) is 5.10 Å². The number of methoxy groups -OCH3 is 1. The van der Waals surface area contributed by atoms with Crippen LogP contribution in [0.2, 0.25) is 0 Å². The molecule has 6 heteroatoms. The zero-order valence-electron chi connectivity index (χ0n) is 11.6. The van der Waals surface area contributed by atoms with Crippen LogP contribution < -0.4 is 10.2 Å². The van der Waals surface area contributed by atoms with Gasteiger partial charge in [-0.2, -0.15) is 15.6 Å². The lowest BCUT2D eigenvalue weighted by atomic mass is 10.1. The van der Waals surface area contributed by atoms with E-state index in [9.17, 15) is 0 Å². The van der Waals surface area contributed by atoms with E-state index in [-0.39, 0.29) is 5.71 Å². The smallest absolute Gasteiger partial charge is 0.237 e. The molecule has 3 aromatic rings. The summed E-state index contributed by atoms with van der Waals surface area (Å²) in [5, 5.41) is 23.0. The summed E-state index contributed by atoms with van der Waals surface area (Å²) in [7, 11) is 1.54. The van der Waals surface area contributed by atoms with Gasteiger partial charge in [-0.3, -0.25) is 5.43 Å². The molecule has 1 N–H and O–H groups in total. The van der Waals surface area contributed by atoms with Crippen LogP contribution in [0.5, 0.6) is 5.75 Å². The number of benzene rings is 2. The summed E-state index contributed by atoms with van der Waals surface area (Å²) in [5.74, 6) is 0.540. The van der Waals surface area contributed by atoms with Crippen molar-refractivity contribution in [1.82, 2.24) is 0 Å². The fourth-order valence-corrected chi connectivity index (χ4v) is 2.20. The number of fused-ring (bicyclic) bond motifs is 3. The number of hydrazone groups is 1. The molecule has 1 aromatic heterocycles. The molecular weight excluding hydrogens is 280 g/mol. The molecule has 0 radical (unpaired) electrons. The van der Waals surface area contributed by atoms with Gasteiger partial charge in [-0.05, 0) is 12.1 Å². The highest BCUT2D eigenvalue weighted by molar-refractivity contribution is 6.10. The highest BCUT2D eigenvalue weighted by Crippen LogP contribution is 2.36. The summed E-state index contributed by atoms with van der Waals surface area (Å²) in [5.41, 5.74) is 4.34. The predicted molar refractivity (Wildman–Crippen MR) is 82.6 cm³/mol. The van der Waals surface area contributed by atoms with Crippen LogP contribution in [0.1, 0.15) is 0 Å². The Balaban J connectivity index is 2.15. The quantitative estimate of drug-likeness (QED) is 0.589. The second-order valence-corrected chi connectivity index (χ2v) is 4.44. The Morgan fingerprint density at radius 2 is 1.91 bits per heavy atom. The molecule has 0 aliphatic carbocycles. The average Bonchev–Trinajstić information content (AvgIpc) is 2.92. The maximum absolute atomic E-state index is 8.70. The van der Waals surface area contributed by atoms with Crippen molar-refractivity contribution >= 4 is 33.3 Å². The third kappa shape index (κ3) is 2.19. The molecule has 0 aliphatic rings. The summed E-state index contributed by atoms with van der Waals surface area (Å²) in [4.78, 5) is 0. The molecule has 0 aliphatic heterocycles. The number of ether oxygens (including phenoxy) is 1. The number of furan rings is 1. The third-order valence-corrected chi connectivity index (χ3v) is 3.20. The van der Waals surface area contributed by atoms with Gasteiger partial charge in [0, 0.05) is 16.8 Å². The predicted octanol–water partition coefficient (Wildman–Crippen LogP) is 3.41. The average molecular weight is 290 g/mol. The lowest BCUT2D eigenvalue weighted by Gasteiger charge is -2.07. The molecule has 0 bridgehead atoms. The van der Waals surface area contributed by atoms with Crippen LogP contribution in [0.25, 0.3) is 21.9 Å². The van der Waals surface area contributed by atoms with Gasteiger partial charge >= 0.3 is 0 Å². The molecule has 1 heterocycles. The number of hydrogen-bond donors (Lipinski definition) is 1. The standard InChI is InChI=1S/C16H10N4O2/c1-21-16-6-12-11-4-2-3-5-14(11)22-15(12)7-13(16)20-19-10(8-17)9-18/h2-7,20H,1H3. The summed E-state index contributed by atoms with van der Waals surface area (Å²) < 4.78 is 11.1. The normalized spacial score (nSPS) is 9.95. The fourth-order valence-electron chi connectivity index (χ4n) is 2.20. The van der Waals surface area contributed by atoms with E-state index in [1.54, 1.807) is 18.2 Å². The van der Waals surface area contributed by atoms with Crippen molar-refractivity contribution in [3.05, 3.63) is 36.4 Å². The van der Waals surface area contributed by atoms with Crippen molar-refractivity contribution < 1.29 is 9.15 Å². The first-order valence-corrected chi connectivity index (χ1v) is 6.40. The van der Waals surface area contributed by atoms with Crippen LogP contribution in [0.4, 0.5) is 5.69 Å². The van der Waals surface area contributed by atoms with Crippen LogP contribution in [0, 0.1) is 22.7 Å². The zero-order chi connectivity index (χ0) is 15.5. The van der Waals surface area contributed by atoms with E-state index in [0.29, 0.717) is 17.0 Å². The van der Waals surface area contributed by atoms with Crippen LogP contribution >= 0.6 is 0 Å². The second kappa shape index (κ2) is 5.47. The van der Waals surface area contributed by atoms with Gasteiger partial charge in [-0.1, -0.05) is 18.2 Å². The van der Waals surface area contributed by atoms with Crippen molar-refractivity contribution in [1.29, 1.82) is 10.5 Å². The molecule has 0 saturated heterocycles. The maximum Gasteiger partial charge on any atom is 0.237 e. The zero-order valence-corrected chi connectivity index (χ0v) is 11.6. The SMILES string of the molecule is COc1cc2c(cc1NN=C(C#N)C#N)oc1ccccc12. The van der Waals surface area contributed by atoms with Crippen LogP contribution in [-0.2, 0) is 0 Å². The topological polar surface area (TPSA) is 94.3 Å². The highest BCUT2D eigenvalue weighted by Gasteiger charge is 2.12. The third-order valence-electron chi connectivity index (χ3n) is 3.20. The van der Waals surface area contributed by atoms with E-state index in [4.69, 9.17) is 19.7 Å². The lowest BCUT2D eigenvalue weighted by Crippen LogP contribution is -1.98. The van der Waals surface area contributed by atoms with Crippen molar-refractivity contribution in [3.8, 4) is 17.9 Å².